The van der Waals surface area contributed by atoms with Crippen LogP contribution in [0.15, 0.2) is 24.3 Å². The second kappa shape index (κ2) is 7.84. The fraction of sp³-hybridized carbons (Fsp3) is 0.684. The lowest BCUT2D eigenvalue weighted by atomic mass is 10.00. The van der Waals surface area contributed by atoms with Crippen molar-refractivity contribution in [2.45, 2.75) is 77.9 Å². The van der Waals surface area contributed by atoms with Crippen molar-refractivity contribution in [2.75, 3.05) is 11.4 Å². The van der Waals surface area contributed by atoms with Gasteiger partial charge in [0.1, 0.15) is 0 Å². The summed E-state index contributed by atoms with van der Waals surface area (Å²) in [5.41, 5.74) is 2.95. The average Bonchev–Trinajstić information content (AvgIpc) is 2.89. The molecule has 1 fully saturated rings. The van der Waals surface area contributed by atoms with E-state index in [9.17, 15) is 0 Å². The normalized spacial score (nSPS) is 23.5. The quantitative estimate of drug-likeness (QED) is 0.767. The first-order valence-corrected chi connectivity index (χ1v) is 8.83. The highest BCUT2D eigenvalue weighted by Crippen LogP contribution is 2.37. The monoisotopic (exact) mass is 288 g/mol. The molecule has 2 heteroatoms. The summed E-state index contributed by atoms with van der Waals surface area (Å²) in [6.45, 7) is 10.3. The smallest absolute Gasteiger partial charge is 0.0419 e. The lowest BCUT2D eigenvalue weighted by Gasteiger charge is -2.34. The number of anilines is 1. The molecule has 0 saturated carbocycles. The van der Waals surface area contributed by atoms with Crippen molar-refractivity contribution in [3.05, 3.63) is 29.8 Å². The van der Waals surface area contributed by atoms with Crippen LogP contribution < -0.4 is 10.2 Å². The third kappa shape index (κ3) is 3.60. The van der Waals surface area contributed by atoms with E-state index in [2.05, 4.69) is 62.2 Å². The van der Waals surface area contributed by atoms with Crippen molar-refractivity contribution in [1.82, 2.24) is 5.32 Å². The Labute approximate surface area is 130 Å². The molecule has 1 aliphatic rings. The van der Waals surface area contributed by atoms with Gasteiger partial charge in [0.25, 0.3) is 0 Å². The first-order valence-electron chi connectivity index (χ1n) is 8.83. The third-order valence-corrected chi connectivity index (χ3v) is 4.90. The Balaban J connectivity index is 2.31. The zero-order valence-electron chi connectivity index (χ0n) is 14.2. The molecule has 1 aromatic rings. The molecule has 0 radical (unpaired) electrons. The largest absolute Gasteiger partial charge is 0.366 e. The second-order valence-corrected chi connectivity index (χ2v) is 6.37. The van der Waals surface area contributed by atoms with Gasteiger partial charge in [0.15, 0.2) is 0 Å². The molecule has 1 heterocycles. The Morgan fingerprint density at radius 3 is 2.62 bits per heavy atom. The van der Waals surface area contributed by atoms with E-state index in [-0.39, 0.29) is 0 Å². The molecule has 1 aliphatic heterocycles. The van der Waals surface area contributed by atoms with Gasteiger partial charge in [-0.2, -0.15) is 0 Å². The Morgan fingerprint density at radius 1 is 1.19 bits per heavy atom. The Kier molecular flexibility index (Phi) is 6.10. The number of rotatable bonds is 7. The first kappa shape index (κ1) is 16.4. The van der Waals surface area contributed by atoms with E-state index >= 15 is 0 Å². The van der Waals surface area contributed by atoms with E-state index in [0.29, 0.717) is 18.1 Å². The van der Waals surface area contributed by atoms with Crippen LogP contribution in [-0.2, 0) is 0 Å². The highest BCUT2D eigenvalue weighted by molar-refractivity contribution is 5.57. The molecule has 1 N–H and O–H groups in total. The van der Waals surface area contributed by atoms with Crippen molar-refractivity contribution >= 4 is 5.69 Å². The molecule has 0 spiro atoms. The summed E-state index contributed by atoms with van der Waals surface area (Å²) in [6, 6.07) is 10.9. The summed E-state index contributed by atoms with van der Waals surface area (Å²) in [5, 5.41) is 3.72. The average molecular weight is 288 g/mol. The number of nitrogens with one attached hydrogen (secondary N) is 1. The maximum Gasteiger partial charge on any atom is 0.0419 e. The van der Waals surface area contributed by atoms with Gasteiger partial charge < -0.3 is 10.2 Å². The summed E-state index contributed by atoms with van der Waals surface area (Å²) in [6.07, 6.45) is 6.25. The van der Waals surface area contributed by atoms with Crippen LogP contribution in [0.3, 0.4) is 0 Å². The molecule has 3 atom stereocenters. The Hall–Kier alpha value is -1.02. The van der Waals surface area contributed by atoms with Crippen LogP contribution in [0, 0.1) is 0 Å². The number of benzene rings is 1. The van der Waals surface area contributed by atoms with E-state index in [1.54, 1.807) is 0 Å². The maximum absolute atomic E-state index is 3.72. The van der Waals surface area contributed by atoms with E-state index in [4.69, 9.17) is 0 Å². The van der Waals surface area contributed by atoms with Crippen LogP contribution >= 0.6 is 0 Å². The molecular formula is C19H32N2. The maximum atomic E-state index is 3.72. The summed E-state index contributed by atoms with van der Waals surface area (Å²) in [4.78, 5) is 2.69. The molecule has 0 amide bonds. The van der Waals surface area contributed by atoms with Crippen molar-refractivity contribution in [3.8, 4) is 0 Å². The van der Waals surface area contributed by atoms with E-state index in [1.165, 1.54) is 36.9 Å². The van der Waals surface area contributed by atoms with Crippen LogP contribution in [0.4, 0.5) is 5.69 Å². The summed E-state index contributed by atoms with van der Waals surface area (Å²) in [7, 11) is 0. The predicted octanol–water partition coefficient (Wildman–Crippen LogP) is 4.90. The van der Waals surface area contributed by atoms with Crippen LogP contribution in [0.2, 0.25) is 0 Å². The molecule has 2 rings (SSSR count). The molecule has 1 aromatic carbocycles. The fourth-order valence-electron chi connectivity index (χ4n) is 3.72. The molecule has 0 aliphatic carbocycles. The second-order valence-electron chi connectivity index (χ2n) is 6.37. The summed E-state index contributed by atoms with van der Waals surface area (Å²) >= 11 is 0. The minimum Gasteiger partial charge on any atom is -0.366 e. The topological polar surface area (TPSA) is 15.3 Å². The van der Waals surface area contributed by atoms with Crippen LogP contribution in [-0.4, -0.2) is 18.6 Å². The zero-order valence-corrected chi connectivity index (χ0v) is 14.2. The minimum absolute atomic E-state index is 0.478. The molecular weight excluding hydrogens is 256 g/mol. The van der Waals surface area contributed by atoms with Crippen molar-refractivity contribution in [2.24, 2.45) is 0 Å². The number of nitrogens with zero attached hydrogens (tertiary/aromatic N) is 1. The van der Waals surface area contributed by atoms with Gasteiger partial charge in [0.2, 0.25) is 0 Å². The van der Waals surface area contributed by atoms with Gasteiger partial charge in [0, 0.05) is 23.8 Å². The number of hydrogen-bond acceptors (Lipinski definition) is 2. The molecule has 1 saturated heterocycles. The summed E-state index contributed by atoms with van der Waals surface area (Å²) < 4.78 is 0. The fourth-order valence-corrected chi connectivity index (χ4v) is 3.72. The minimum atomic E-state index is 0.478. The molecule has 2 nitrogen and oxygen atoms in total. The van der Waals surface area contributed by atoms with Crippen molar-refractivity contribution in [1.29, 1.82) is 0 Å². The molecule has 118 valence electrons. The number of hydrogen-bond donors (Lipinski definition) is 1. The van der Waals surface area contributed by atoms with Gasteiger partial charge in [-0.15, -0.1) is 0 Å². The highest BCUT2D eigenvalue weighted by atomic mass is 15.2. The lowest BCUT2D eigenvalue weighted by molar-refractivity contribution is 0.514. The van der Waals surface area contributed by atoms with Crippen LogP contribution in [0.25, 0.3) is 0 Å². The van der Waals surface area contributed by atoms with E-state index in [0.717, 1.165) is 13.0 Å². The molecule has 0 bridgehead atoms. The lowest BCUT2D eigenvalue weighted by Crippen LogP contribution is -2.36. The van der Waals surface area contributed by atoms with Gasteiger partial charge in [-0.1, -0.05) is 39.0 Å². The Morgan fingerprint density at radius 2 is 1.95 bits per heavy atom. The molecule has 0 aromatic heterocycles. The van der Waals surface area contributed by atoms with Crippen molar-refractivity contribution in [3.63, 3.8) is 0 Å². The van der Waals surface area contributed by atoms with Crippen LogP contribution in [0.1, 0.15) is 71.4 Å². The van der Waals surface area contributed by atoms with Gasteiger partial charge in [0.05, 0.1) is 0 Å². The standard InChI is InChI=1S/C19H32N2/c1-5-14-20-18(7-3)17-10-8-9-11-19(17)21-15(4)12-13-16(21)6-2/h8-11,15-16,18,20H,5-7,12-14H2,1-4H3. The molecule has 3 unspecified atom stereocenters. The van der Waals surface area contributed by atoms with Gasteiger partial charge >= 0.3 is 0 Å². The van der Waals surface area contributed by atoms with E-state index < -0.39 is 0 Å². The van der Waals surface area contributed by atoms with Gasteiger partial charge in [-0.3, -0.25) is 0 Å². The third-order valence-electron chi connectivity index (χ3n) is 4.90. The Bertz CT molecular complexity index is 429. The zero-order chi connectivity index (χ0) is 15.2. The highest BCUT2D eigenvalue weighted by Gasteiger charge is 2.31. The first-order chi connectivity index (χ1) is 10.2. The predicted molar refractivity (Wildman–Crippen MR) is 93.0 cm³/mol. The molecule has 21 heavy (non-hydrogen) atoms. The SMILES string of the molecule is CCCNC(CC)c1ccccc1N1C(C)CCC1CC. The van der Waals surface area contributed by atoms with E-state index in [1.807, 2.05) is 0 Å². The summed E-state index contributed by atoms with van der Waals surface area (Å²) in [5.74, 6) is 0. The van der Waals surface area contributed by atoms with Crippen molar-refractivity contribution < 1.29 is 0 Å². The van der Waals surface area contributed by atoms with Gasteiger partial charge in [-0.05, 0) is 57.2 Å². The number of para-hydroxylation sites is 1. The van der Waals surface area contributed by atoms with Crippen LogP contribution in [0.5, 0.6) is 0 Å². The van der Waals surface area contributed by atoms with Gasteiger partial charge in [-0.25, -0.2) is 0 Å².